The molecule has 0 atom stereocenters. The maximum absolute atomic E-state index is 12.7. The van der Waals surface area contributed by atoms with E-state index in [0.29, 0.717) is 23.3 Å². The topological polar surface area (TPSA) is 107 Å². The smallest absolute Gasteiger partial charge is 0.355 e. The highest BCUT2D eigenvalue weighted by molar-refractivity contribution is 5.98. The van der Waals surface area contributed by atoms with E-state index in [1.165, 1.54) is 10.7 Å². The van der Waals surface area contributed by atoms with Crippen LogP contribution in [-0.4, -0.2) is 46.9 Å². The fourth-order valence-electron chi connectivity index (χ4n) is 3.82. The Morgan fingerprint density at radius 2 is 2.07 bits per heavy atom. The number of hydrogen-bond acceptors (Lipinski definition) is 6. The molecule has 1 aliphatic rings. The van der Waals surface area contributed by atoms with Crippen LogP contribution in [0.15, 0.2) is 29.1 Å². The van der Waals surface area contributed by atoms with Crippen molar-refractivity contribution in [2.45, 2.75) is 19.8 Å². The molecule has 3 heterocycles. The highest BCUT2D eigenvalue weighted by Gasteiger charge is 2.24. The van der Waals surface area contributed by atoms with E-state index in [-0.39, 0.29) is 17.0 Å². The molecule has 4 rings (SSSR count). The summed E-state index contributed by atoms with van der Waals surface area (Å²) in [6.07, 6.45) is 1.66. The van der Waals surface area contributed by atoms with Gasteiger partial charge in [0.05, 0.1) is 18.2 Å². The molecule has 0 bridgehead atoms. The molecule has 0 aliphatic carbocycles. The van der Waals surface area contributed by atoms with Crippen LogP contribution in [0.2, 0.25) is 0 Å². The van der Waals surface area contributed by atoms with Gasteiger partial charge in [-0.3, -0.25) is 14.3 Å². The zero-order valence-electron chi connectivity index (χ0n) is 17.0. The monoisotopic (exact) mass is 410 g/mol. The maximum atomic E-state index is 12.7. The van der Waals surface area contributed by atoms with Crippen molar-refractivity contribution >= 4 is 28.6 Å². The number of fused-ring (bicyclic) bond motifs is 2. The standard InChI is InChI=1S/C21H22N4O5/c1-12-19-17(26)10-15(22-20(19)24(2)23-12)21(28)30-11-18(27)25-8-4-5-13-9-14(29-3)6-7-16(13)25/h6-7,9-10H,4-5,8,11H2,1-3H3,(H,22,26). The molecule has 9 nitrogen and oxygen atoms in total. The summed E-state index contributed by atoms with van der Waals surface area (Å²) in [6.45, 7) is 1.85. The summed E-state index contributed by atoms with van der Waals surface area (Å²) in [5.41, 5.74) is 2.46. The van der Waals surface area contributed by atoms with Crippen LogP contribution in [0.4, 0.5) is 5.69 Å². The van der Waals surface area contributed by atoms with Gasteiger partial charge in [0.25, 0.3) is 5.91 Å². The van der Waals surface area contributed by atoms with E-state index in [4.69, 9.17) is 9.47 Å². The molecule has 156 valence electrons. The third kappa shape index (κ3) is 3.42. The normalized spacial score (nSPS) is 13.2. The van der Waals surface area contributed by atoms with Crippen molar-refractivity contribution in [3.8, 4) is 5.75 Å². The quantitative estimate of drug-likeness (QED) is 0.657. The summed E-state index contributed by atoms with van der Waals surface area (Å²) < 4.78 is 11.9. The van der Waals surface area contributed by atoms with Gasteiger partial charge in [0.2, 0.25) is 0 Å². The molecule has 1 amide bonds. The Bertz CT molecular complexity index is 1210. The zero-order valence-corrected chi connectivity index (χ0v) is 17.0. The predicted molar refractivity (Wildman–Crippen MR) is 110 cm³/mol. The molecule has 1 N–H and O–H groups in total. The summed E-state index contributed by atoms with van der Waals surface area (Å²) >= 11 is 0. The molecular formula is C21H22N4O5. The number of nitrogens with zero attached hydrogens (tertiary/aromatic N) is 3. The summed E-state index contributed by atoms with van der Waals surface area (Å²) in [7, 11) is 3.27. The van der Waals surface area contributed by atoms with Crippen molar-refractivity contribution in [2.75, 3.05) is 25.2 Å². The van der Waals surface area contributed by atoms with Crippen molar-refractivity contribution in [3.05, 3.63) is 51.4 Å². The van der Waals surface area contributed by atoms with Gasteiger partial charge in [0, 0.05) is 25.3 Å². The predicted octanol–water partition coefficient (Wildman–Crippen LogP) is 1.71. The largest absolute Gasteiger partial charge is 0.497 e. The minimum Gasteiger partial charge on any atom is -0.497 e. The SMILES string of the molecule is COc1ccc2c(c1)CCCN2C(=O)COC(=O)c1cc(=O)c2c(C)nn(C)c2[nH]1. The number of hydrogen-bond donors (Lipinski definition) is 1. The van der Waals surface area contributed by atoms with Gasteiger partial charge in [0.15, 0.2) is 12.0 Å². The molecule has 9 heteroatoms. The van der Waals surface area contributed by atoms with Crippen LogP contribution < -0.4 is 15.1 Å². The van der Waals surface area contributed by atoms with Crippen molar-refractivity contribution in [3.63, 3.8) is 0 Å². The number of aromatic amines is 1. The number of amides is 1. The Balaban J connectivity index is 1.50. The van der Waals surface area contributed by atoms with E-state index < -0.39 is 12.6 Å². The molecule has 30 heavy (non-hydrogen) atoms. The van der Waals surface area contributed by atoms with Crippen LogP contribution >= 0.6 is 0 Å². The van der Waals surface area contributed by atoms with Gasteiger partial charge < -0.3 is 19.4 Å². The number of nitrogens with one attached hydrogen (secondary N) is 1. The summed E-state index contributed by atoms with van der Waals surface area (Å²) in [5, 5.41) is 4.61. The van der Waals surface area contributed by atoms with Crippen molar-refractivity contribution in [2.24, 2.45) is 7.05 Å². The first kappa shape index (κ1) is 19.7. The molecule has 1 aromatic carbocycles. The average Bonchev–Trinajstić information content (AvgIpc) is 3.04. The van der Waals surface area contributed by atoms with E-state index in [9.17, 15) is 14.4 Å². The number of anilines is 1. The number of aryl methyl sites for hydroxylation is 3. The highest BCUT2D eigenvalue weighted by atomic mass is 16.5. The average molecular weight is 410 g/mol. The molecule has 0 saturated heterocycles. The fraction of sp³-hybridized carbons (Fsp3) is 0.333. The van der Waals surface area contributed by atoms with E-state index >= 15 is 0 Å². The minimum absolute atomic E-state index is 0.0212. The summed E-state index contributed by atoms with van der Waals surface area (Å²) in [6, 6.07) is 6.72. The molecule has 2 aromatic heterocycles. The number of carbonyl (C=O) groups is 2. The number of pyridine rings is 1. The number of esters is 1. The molecule has 0 saturated carbocycles. The second kappa shape index (κ2) is 7.66. The molecule has 1 aliphatic heterocycles. The third-order valence-corrected chi connectivity index (χ3v) is 5.25. The van der Waals surface area contributed by atoms with Gasteiger partial charge in [-0.15, -0.1) is 0 Å². The molecule has 0 unspecified atom stereocenters. The van der Waals surface area contributed by atoms with Gasteiger partial charge in [-0.25, -0.2) is 4.79 Å². The lowest BCUT2D eigenvalue weighted by Crippen LogP contribution is -2.38. The van der Waals surface area contributed by atoms with Crippen LogP contribution in [0.3, 0.4) is 0 Å². The second-order valence-electron chi connectivity index (χ2n) is 7.20. The van der Waals surface area contributed by atoms with Gasteiger partial charge in [-0.2, -0.15) is 5.10 Å². The first-order chi connectivity index (χ1) is 14.4. The van der Waals surface area contributed by atoms with Crippen LogP contribution in [0.25, 0.3) is 11.0 Å². The second-order valence-corrected chi connectivity index (χ2v) is 7.20. The number of benzene rings is 1. The first-order valence-corrected chi connectivity index (χ1v) is 9.60. The lowest BCUT2D eigenvalue weighted by Gasteiger charge is -2.29. The van der Waals surface area contributed by atoms with E-state index in [1.54, 1.807) is 32.0 Å². The fourth-order valence-corrected chi connectivity index (χ4v) is 3.82. The Morgan fingerprint density at radius 3 is 2.83 bits per heavy atom. The van der Waals surface area contributed by atoms with Gasteiger partial charge in [0.1, 0.15) is 17.1 Å². The molecule has 0 fully saturated rings. The molecule has 3 aromatic rings. The Labute approximate surface area is 172 Å². The summed E-state index contributed by atoms with van der Waals surface area (Å²) in [5.74, 6) is -0.360. The van der Waals surface area contributed by atoms with Crippen molar-refractivity contribution in [1.29, 1.82) is 0 Å². The van der Waals surface area contributed by atoms with Crippen molar-refractivity contribution < 1.29 is 19.1 Å². The van der Waals surface area contributed by atoms with Gasteiger partial charge in [-0.1, -0.05) is 0 Å². The maximum Gasteiger partial charge on any atom is 0.355 e. The number of aromatic nitrogens is 3. The molecule has 0 spiro atoms. The lowest BCUT2D eigenvalue weighted by atomic mass is 10.0. The zero-order chi connectivity index (χ0) is 21.4. The number of ether oxygens (including phenoxy) is 2. The Kier molecular flexibility index (Phi) is 5.03. The van der Waals surface area contributed by atoms with Crippen LogP contribution in [0.5, 0.6) is 5.75 Å². The third-order valence-electron chi connectivity index (χ3n) is 5.25. The lowest BCUT2D eigenvalue weighted by molar-refractivity contribution is -0.121. The van der Waals surface area contributed by atoms with E-state index in [1.807, 2.05) is 12.1 Å². The Hall–Kier alpha value is -3.62. The van der Waals surface area contributed by atoms with Crippen LogP contribution in [-0.2, 0) is 23.0 Å². The molecule has 0 radical (unpaired) electrons. The van der Waals surface area contributed by atoms with Crippen LogP contribution in [0.1, 0.15) is 28.2 Å². The van der Waals surface area contributed by atoms with E-state index in [0.717, 1.165) is 29.8 Å². The van der Waals surface area contributed by atoms with Gasteiger partial charge >= 0.3 is 5.97 Å². The van der Waals surface area contributed by atoms with Crippen molar-refractivity contribution in [1.82, 2.24) is 14.8 Å². The number of carbonyl (C=O) groups excluding carboxylic acids is 2. The minimum atomic E-state index is -0.770. The first-order valence-electron chi connectivity index (χ1n) is 9.60. The highest BCUT2D eigenvalue weighted by Crippen LogP contribution is 2.30. The summed E-state index contributed by atoms with van der Waals surface area (Å²) in [4.78, 5) is 42.0. The van der Waals surface area contributed by atoms with E-state index in [2.05, 4.69) is 10.1 Å². The number of rotatable bonds is 4. The number of H-pyrrole nitrogens is 1. The van der Waals surface area contributed by atoms with Crippen LogP contribution in [0, 0.1) is 6.92 Å². The number of methoxy groups -OCH3 is 1. The van der Waals surface area contributed by atoms with Gasteiger partial charge in [-0.05, 0) is 43.5 Å². The Morgan fingerprint density at radius 1 is 1.27 bits per heavy atom. The molecular weight excluding hydrogens is 388 g/mol.